The summed E-state index contributed by atoms with van der Waals surface area (Å²) in [7, 11) is 0. The Morgan fingerprint density at radius 3 is 2.58 bits per heavy atom. The van der Waals surface area contributed by atoms with E-state index < -0.39 is 6.36 Å². The fourth-order valence-corrected chi connectivity index (χ4v) is 2.71. The third-order valence-corrected chi connectivity index (χ3v) is 3.76. The van der Waals surface area contributed by atoms with Gasteiger partial charge in [0.1, 0.15) is 5.75 Å². The first kappa shape index (κ1) is 12.3. The first-order valence-corrected chi connectivity index (χ1v) is 5.99. The number of alkyl halides is 3. The van der Waals surface area contributed by atoms with E-state index in [1.54, 1.807) is 6.07 Å². The highest BCUT2D eigenvalue weighted by molar-refractivity contribution is 5.95. The Labute approximate surface area is 108 Å². The van der Waals surface area contributed by atoms with Crippen molar-refractivity contribution in [3.63, 3.8) is 0 Å². The summed E-state index contributed by atoms with van der Waals surface area (Å²) < 4.78 is 40.5. The molecule has 1 saturated carbocycles. The van der Waals surface area contributed by atoms with Gasteiger partial charge in [-0.05, 0) is 24.5 Å². The van der Waals surface area contributed by atoms with Crippen molar-refractivity contribution in [2.45, 2.75) is 31.5 Å². The zero-order valence-corrected chi connectivity index (χ0v) is 10.3. The van der Waals surface area contributed by atoms with Crippen molar-refractivity contribution >= 4 is 11.6 Å². The van der Waals surface area contributed by atoms with Gasteiger partial charge >= 0.3 is 6.36 Å². The van der Waals surface area contributed by atoms with Crippen molar-refractivity contribution in [1.82, 2.24) is 0 Å². The van der Waals surface area contributed by atoms with Crippen LogP contribution < -0.4 is 9.64 Å². The Bertz CT molecular complexity index is 549. The second-order valence-corrected chi connectivity index (χ2v) is 5.11. The highest BCUT2D eigenvalue weighted by Crippen LogP contribution is 2.57. The number of hydrogen-bond acceptors (Lipinski definition) is 2. The van der Waals surface area contributed by atoms with Crippen molar-refractivity contribution in [1.29, 1.82) is 0 Å². The fraction of sp³-hybridized carbons (Fsp3) is 0.462. The number of ether oxygens (including phenoxy) is 1. The van der Waals surface area contributed by atoms with E-state index in [1.165, 1.54) is 24.0 Å². The standard InChI is InChI=1S/C13H12F3NO2/c1-8(18)17-7-12(4-5-12)10-3-2-9(6-11(10)17)19-13(14,15)16/h2-3,6H,4-5,7H2,1H3. The molecule has 3 rings (SSSR count). The number of amides is 1. The molecule has 0 saturated heterocycles. The molecule has 1 aliphatic heterocycles. The van der Waals surface area contributed by atoms with Crippen molar-refractivity contribution in [2.24, 2.45) is 0 Å². The Morgan fingerprint density at radius 2 is 2.05 bits per heavy atom. The first-order chi connectivity index (χ1) is 8.81. The van der Waals surface area contributed by atoms with E-state index in [0.29, 0.717) is 12.2 Å². The molecule has 1 fully saturated rings. The molecule has 0 aromatic heterocycles. The van der Waals surface area contributed by atoms with Crippen LogP contribution in [0.1, 0.15) is 25.3 Å². The van der Waals surface area contributed by atoms with Crippen LogP contribution in [0.4, 0.5) is 18.9 Å². The fourth-order valence-electron chi connectivity index (χ4n) is 2.71. The maximum Gasteiger partial charge on any atom is 0.573 e. The normalized spacial score (nSPS) is 19.5. The molecule has 2 aliphatic rings. The second-order valence-electron chi connectivity index (χ2n) is 5.11. The number of anilines is 1. The van der Waals surface area contributed by atoms with Gasteiger partial charge in [-0.1, -0.05) is 6.07 Å². The minimum Gasteiger partial charge on any atom is -0.406 e. The predicted molar refractivity (Wildman–Crippen MR) is 62.1 cm³/mol. The first-order valence-electron chi connectivity index (χ1n) is 5.99. The van der Waals surface area contributed by atoms with Gasteiger partial charge in [0.25, 0.3) is 0 Å². The smallest absolute Gasteiger partial charge is 0.406 e. The SMILES string of the molecule is CC(=O)N1CC2(CC2)c2ccc(OC(F)(F)F)cc21. The average Bonchev–Trinajstić information content (AvgIpc) is 2.96. The van der Waals surface area contributed by atoms with Crippen LogP contribution in [0.5, 0.6) is 5.75 Å². The molecule has 6 heteroatoms. The molecule has 1 aromatic carbocycles. The second kappa shape index (κ2) is 3.65. The number of hydrogen-bond donors (Lipinski definition) is 0. The van der Waals surface area contributed by atoms with Crippen LogP contribution in [0.15, 0.2) is 18.2 Å². The lowest BCUT2D eigenvalue weighted by Gasteiger charge is -2.16. The van der Waals surface area contributed by atoms with Gasteiger partial charge in [-0.25, -0.2) is 0 Å². The Morgan fingerprint density at radius 1 is 1.37 bits per heavy atom. The summed E-state index contributed by atoms with van der Waals surface area (Å²) in [6, 6.07) is 4.26. The predicted octanol–water partition coefficient (Wildman–Crippen LogP) is 2.98. The van der Waals surface area contributed by atoms with Crippen molar-refractivity contribution in [3.8, 4) is 5.75 Å². The topological polar surface area (TPSA) is 29.5 Å². The summed E-state index contributed by atoms with van der Waals surface area (Å²) in [6.07, 6.45) is -2.77. The molecule has 1 aliphatic carbocycles. The molecule has 1 heterocycles. The van der Waals surface area contributed by atoms with Crippen molar-refractivity contribution < 1.29 is 22.7 Å². The van der Waals surface area contributed by atoms with E-state index in [0.717, 1.165) is 18.4 Å². The number of benzene rings is 1. The molecule has 0 atom stereocenters. The lowest BCUT2D eigenvalue weighted by Crippen LogP contribution is -2.29. The highest BCUT2D eigenvalue weighted by Gasteiger charge is 2.52. The van der Waals surface area contributed by atoms with Crippen LogP contribution in [-0.2, 0) is 10.2 Å². The third kappa shape index (κ3) is 2.05. The van der Waals surface area contributed by atoms with Crippen molar-refractivity contribution in [3.05, 3.63) is 23.8 Å². The minimum absolute atomic E-state index is 0.0300. The third-order valence-electron chi connectivity index (χ3n) is 3.76. The zero-order valence-electron chi connectivity index (χ0n) is 10.3. The lowest BCUT2D eigenvalue weighted by atomic mass is 9.99. The van der Waals surface area contributed by atoms with E-state index in [1.807, 2.05) is 0 Å². The largest absolute Gasteiger partial charge is 0.573 e. The van der Waals surface area contributed by atoms with Gasteiger partial charge in [-0.15, -0.1) is 13.2 Å². The van der Waals surface area contributed by atoms with Crippen molar-refractivity contribution in [2.75, 3.05) is 11.4 Å². The minimum atomic E-state index is -4.72. The summed E-state index contributed by atoms with van der Waals surface area (Å²) in [5, 5.41) is 0. The van der Waals surface area contributed by atoms with Gasteiger partial charge in [-0.3, -0.25) is 4.79 Å². The van der Waals surface area contributed by atoms with Crippen LogP contribution in [-0.4, -0.2) is 18.8 Å². The molecule has 1 aromatic rings. The van der Waals surface area contributed by atoms with Gasteiger partial charge in [0.15, 0.2) is 0 Å². The Hall–Kier alpha value is -1.72. The molecule has 1 amide bonds. The van der Waals surface area contributed by atoms with Crippen LogP contribution in [0.25, 0.3) is 0 Å². The van der Waals surface area contributed by atoms with Gasteiger partial charge in [0.05, 0.1) is 5.69 Å². The molecule has 1 spiro atoms. The lowest BCUT2D eigenvalue weighted by molar-refractivity contribution is -0.274. The van der Waals surface area contributed by atoms with E-state index in [2.05, 4.69) is 4.74 Å². The summed E-state index contributed by atoms with van der Waals surface area (Å²) in [6.45, 7) is 1.98. The number of rotatable bonds is 1. The molecule has 102 valence electrons. The number of nitrogens with zero attached hydrogens (tertiary/aromatic N) is 1. The Kier molecular flexibility index (Phi) is 2.37. The summed E-state index contributed by atoms with van der Waals surface area (Å²) in [5.74, 6) is -0.440. The monoisotopic (exact) mass is 271 g/mol. The average molecular weight is 271 g/mol. The van der Waals surface area contributed by atoms with E-state index in [9.17, 15) is 18.0 Å². The molecule has 0 unspecified atom stereocenters. The van der Waals surface area contributed by atoms with Gasteiger partial charge < -0.3 is 9.64 Å². The van der Waals surface area contributed by atoms with Gasteiger partial charge in [0, 0.05) is 24.9 Å². The maximum absolute atomic E-state index is 12.2. The zero-order chi connectivity index (χ0) is 13.8. The summed E-state index contributed by atoms with van der Waals surface area (Å²) >= 11 is 0. The number of fused-ring (bicyclic) bond motifs is 2. The molecule has 3 nitrogen and oxygen atoms in total. The Balaban J connectivity index is 1.99. The number of carbonyl (C=O) groups is 1. The van der Waals surface area contributed by atoms with Crippen LogP contribution in [0, 0.1) is 0 Å². The van der Waals surface area contributed by atoms with Crippen LogP contribution in [0.2, 0.25) is 0 Å². The number of carbonyl (C=O) groups excluding carboxylic acids is 1. The van der Waals surface area contributed by atoms with Crippen LogP contribution in [0.3, 0.4) is 0 Å². The molecular weight excluding hydrogens is 259 g/mol. The molecule has 0 N–H and O–H groups in total. The summed E-state index contributed by atoms with van der Waals surface area (Å²) in [5.41, 5.74) is 1.47. The maximum atomic E-state index is 12.2. The number of halogens is 3. The van der Waals surface area contributed by atoms with E-state index in [-0.39, 0.29) is 17.1 Å². The molecular formula is C13H12F3NO2. The highest BCUT2D eigenvalue weighted by atomic mass is 19.4. The van der Waals surface area contributed by atoms with E-state index >= 15 is 0 Å². The summed E-state index contributed by atoms with van der Waals surface area (Å²) in [4.78, 5) is 13.1. The van der Waals surface area contributed by atoms with Gasteiger partial charge in [0.2, 0.25) is 5.91 Å². The molecule has 0 bridgehead atoms. The van der Waals surface area contributed by atoms with E-state index in [4.69, 9.17) is 0 Å². The quantitative estimate of drug-likeness (QED) is 0.786. The van der Waals surface area contributed by atoms with Gasteiger partial charge in [-0.2, -0.15) is 0 Å². The van der Waals surface area contributed by atoms with Crippen LogP contribution >= 0.6 is 0 Å². The molecule has 0 radical (unpaired) electrons. The molecule has 19 heavy (non-hydrogen) atoms.